The zero-order valence-corrected chi connectivity index (χ0v) is 21.1. The number of carbonyl (C=O) groups excluding carboxylic acids is 1. The molecule has 4 aromatic rings. The van der Waals surface area contributed by atoms with E-state index in [-0.39, 0.29) is 29.2 Å². The van der Waals surface area contributed by atoms with E-state index in [1.54, 1.807) is 30.5 Å². The van der Waals surface area contributed by atoms with Crippen molar-refractivity contribution in [1.29, 1.82) is 0 Å². The van der Waals surface area contributed by atoms with Crippen molar-refractivity contribution in [3.8, 4) is 5.75 Å². The molecule has 0 saturated carbocycles. The zero-order chi connectivity index (χ0) is 27.2. The number of carboxylic acid groups (broad SMARTS) is 1. The Balaban J connectivity index is 1.62. The van der Waals surface area contributed by atoms with Gasteiger partial charge in [0.1, 0.15) is 17.4 Å². The van der Waals surface area contributed by atoms with Crippen molar-refractivity contribution in [2.75, 3.05) is 0 Å². The summed E-state index contributed by atoms with van der Waals surface area (Å²) in [6, 6.07) is 19.1. The summed E-state index contributed by atoms with van der Waals surface area (Å²) in [4.78, 5) is 29.6. The van der Waals surface area contributed by atoms with Gasteiger partial charge < -0.3 is 15.2 Å². The van der Waals surface area contributed by atoms with E-state index in [2.05, 4.69) is 16.4 Å². The molecular formula is C32H27FN2O4. The largest absolute Gasteiger partial charge is 0.478 e. The number of rotatable bonds is 10. The van der Waals surface area contributed by atoms with Gasteiger partial charge in [-0.05, 0) is 53.3 Å². The molecule has 5 rings (SSSR count). The van der Waals surface area contributed by atoms with Gasteiger partial charge in [0.05, 0.1) is 11.1 Å². The SMILES string of the molecule is O=Cc1c(CNCc2ccc(F)cc2)c(C(=O)O)c2cccnc2c1OC(C1=CC=CCC1)c1ccccc1. The molecule has 0 fully saturated rings. The Labute approximate surface area is 225 Å². The van der Waals surface area contributed by atoms with Crippen molar-refractivity contribution < 1.29 is 23.8 Å². The van der Waals surface area contributed by atoms with Crippen molar-refractivity contribution in [3.05, 3.63) is 130 Å². The van der Waals surface area contributed by atoms with E-state index >= 15 is 0 Å². The van der Waals surface area contributed by atoms with Crippen molar-refractivity contribution >= 4 is 23.2 Å². The molecule has 1 atom stereocenters. The minimum absolute atomic E-state index is 0.00441. The van der Waals surface area contributed by atoms with Crippen molar-refractivity contribution in [2.45, 2.75) is 32.0 Å². The van der Waals surface area contributed by atoms with Crippen LogP contribution in [-0.2, 0) is 13.1 Å². The summed E-state index contributed by atoms with van der Waals surface area (Å²) in [7, 11) is 0. The average molecular weight is 523 g/mol. The number of aldehydes is 1. The third-order valence-corrected chi connectivity index (χ3v) is 6.76. The Morgan fingerprint density at radius 3 is 2.56 bits per heavy atom. The Morgan fingerprint density at radius 1 is 1.08 bits per heavy atom. The highest BCUT2D eigenvalue weighted by Crippen LogP contribution is 2.40. The maximum atomic E-state index is 13.3. The molecule has 0 bridgehead atoms. The summed E-state index contributed by atoms with van der Waals surface area (Å²) < 4.78 is 20.0. The second kappa shape index (κ2) is 11.8. The van der Waals surface area contributed by atoms with Gasteiger partial charge in [0.2, 0.25) is 0 Å². The number of nitrogens with one attached hydrogen (secondary N) is 1. The summed E-state index contributed by atoms with van der Waals surface area (Å²) in [6.45, 7) is 0.431. The Morgan fingerprint density at radius 2 is 1.87 bits per heavy atom. The van der Waals surface area contributed by atoms with Crippen LogP contribution in [-0.4, -0.2) is 22.3 Å². The number of pyridine rings is 1. The molecule has 1 aromatic heterocycles. The van der Waals surface area contributed by atoms with Gasteiger partial charge in [-0.15, -0.1) is 0 Å². The monoisotopic (exact) mass is 522 g/mol. The van der Waals surface area contributed by atoms with Crippen molar-refractivity contribution in [1.82, 2.24) is 10.3 Å². The fourth-order valence-corrected chi connectivity index (χ4v) is 4.90. The van der Waals surface area contributed by atoms with Gasteiger partial charge in [-0.1, -0.05) is 66.8 Å². The second-order valence-corrected chi connectivity index (χ2v) is 9.27. The van der Waals surface area contributed by atoms with Crippen LogP contribution in [0.1, 0.15) is 56.4 Å². The quantitative estimate of drug-likeness (QED) is 0.229. The van der Waals surface area contributed by atoms with Gasteiger partial charge >= 0.3 is 5.97 Å². The lowest BCUT2D eigenvalue weighted by Gasteiger charge is -2.26. The third-order valence-electron chi connectivity index (χ3n) is 6.76. The predicted octanol–water partition coefficient (Wildman–Crippen LogP) is 6.57. The maximum Gasteiger partial charge on any atom is 0.336 e. The maximum absolute atomic E-state index is 13.3. The fraction of sp³-hybridized carbons (Fsp3) is 0.156. The number of benzene rings is 3. The number of allylic oxidation sites excluding steroid dienone is 3. The summed E-state index contributed by atoms with van der Waals surface area (Å²) in [5.41, 5.74) is 3.53. The molecule has 0 radical (unpaired) electrons. The van der Waals surface area contributed by atoms with E-state index in [1.165, 1.54) is 12.1 Å². The number of nitrogens with zero attached hydrogens (tertiary/aromatic N) is 1. The number of ether oxygens (including phenoxy) is 1. The molecule has 1 unspecified atom stereocenters. The van der Waals surface area contributed by atoms with Gasteiger partial charge in [0.15, 0.2) is 12.0 Å². The van der Waals surface area contributed by atoms with Gasteiger partial charge in [-0.3, -0.25) is 9.78 Å². The standard InChI is InChI=1S/C32H27FN2O4/c33-24-15-13-21(14-16-24)18-34-19-26-27(20-36)31(29-25(12-7-17-35-29)28(26)32(37)38)39-30(22-8-3-1-4-9-22)23-10-5-2-6-11-23/h1-5,7-10,12-17,20,30,34H,6,11,18-19H2,(H,37,38). The summed E-state index contributed by atoms with van der Waals surface area (Å²) in [6.07, 6.45) is 9.47. The highest BCUT2D eigenvalue weighted by atomic mass is 19.1. The van der Waals surface area contributed by atoms with E-state index < -0.39 is 12.1 Å². The molecule has 6 nitrogen and oxygen atoms in total. The molecule has 1 aliphatic carbocycles. The third kappa shape index (κ3) is 5.63. The molecule has 0 spiro atoms. The first-order valence-corrected chi connectivity index (χ1v) is 12.7. The van der Waals surface area contributed by atoms with Crippen LogP contribution in [0.3, 0.4) is 0 Å². The lowest BCUT2D eigenvalue weighted by Crippen LogP contribution is -2.20. The molecule has 196 valence electrons. The van der Waals surface area contributed by atoms with Crippen LogP contribution in [0.5, 0.6) is 5.75 Å². The first kappa shape index (κ1) is 26.0. The molecule has 1 heterocycles. The lowest BCUT2D eigenvalue weighted by atomic mass is 9.93. The van der Waals surface area contributed by atoms with E-state index in [0.717, 1.165) is 29.5 Å². The smallest absolute Gasteiger partial charge is 0.336 e. The molecule has 3 aromatic carbocycles. The molecule has 0 saturated heterocycles. The number of aromatic carboxylic acids is 1. The van der Waals surface area contributed by atoms with Crippen LogP contribution in [0, 0.1) is 5.82 Å². The van der Waals surface area contributed by atoms with Crippen molar-refractivity contribution in [3.63, 3.8) is 0 Å². The Bertz CT molecular complexity index is 1560. The molecule has 0 amide bonds. The predicted molar refractivity (Wildman–Crippen MR) is 147 cm³/mol. The number of carboxylic acids is 1. The van der Waals surface area contributed by atoms with E-state index in [1.807, 2.05) is 42.5 Å². The number of hydrogen-bond acceptors (Lipinski definition) is 5. The van der Waals surface area contributed by atoms with E-state index in [0.29, 0.717) is 29.3 Å². The van der Waals surface area contributed by atoms with Gasteiger partial charge in [-0.2, -0.15) is 0 Å². The average Bonchev–Trinajstić information content (AvgIpc) is 2.97. The van der Waals surface area contributed by atoms with Crippen LogP contribution in [0.25, 0.3) is 10.9 Å². The van der Waals surface area contributed by atoms with Crippen LogP contribution >= 0.6 is 0 Å². The van der Waals surface area contributed by atoms with E-state index in [9.17, 15) is 19.1 Å². The first-order chi connectivity index (χ1) is 19.1. The second-order valence-electron chi connectivity index (χ2n) is 9.27. The summed E-state index contributed by atoms with van der Waals surface area (Å²) in [5, 5.41) is 13.8. The lowest BCUT2D eigenvalue weighted by molar-refractivity contribution is 0.0697. The number of aromatic nitrogens is 1. The Kier molecular flexibility index (Phi) is 7.89. The van der Waals surface area contributed by atoms with Gasteiger partial charge in [0, 0.05) is 24.7 Å². The minimum atomic E-state index is -1.17. The van der Waals surface area contributed by atoms with Gasteiger partial charge in [0.25, 0.3) is 0 Å². The molecule has 0 aliphatic heterocycles. The Hall–Kier alpha value is -4.62. The minimum Gasteiger partial charge on any atom is -0.478 e. The first-order valence-electron chi connectivity index (χ1n) is 12.7. The number of carbonyl (C=O) groups is 2. The van der Waals surface area contributed by atoms with E-state index in [4.69, 9.17) is 4.74 Å². The molecule has 1 aliphatic rings. The zero-order valence-electron chi connectivity index (χ0n) is 21.1. The highest BCUT2D eigenvalue weighted by Gasteiger charge is 2.28. The van der Waals surface area contributed by atoms with Crippen LogP contribution in [0.2, 0.25) is 0 Å². The van der Waals surface area contributed by atoms with Crippen LogP contribution in [0.4, 0.5) is 4.39 Å². The molecule has 7 heteroatoms. The number of fused-ring (bicyclic) bond motifs is 1. The summed E-state index contributed by atoms with van der Waals surface area (Å²) >= 11 is 0. The van der Waals surface area contributed by atoms with Crippen LogP contribution in [0.15, 0.2) is 96.7 Å². The molecular weight excluding hydrogens is 495 g/mol. The topological polar surface area (TPSA) is 88.5 Å². The fourth-order valence-electron chi connectivity index (χ4n) is 4.90. The molecule has 2 N–H and O–H groups in total. The number of halogens is 1. The normalized spacial score (nSPS) is 13.6. The summed E-state index contributed by atoms with van der Waals surface area (Å²) in [5.74, 6) is -1.26. The van der Waals surface area contributed by atoms with Gasteiger partial charge in [-0.25, -0.2) is 9.18 Å². The van der Waals surface area contributed by atoms with Crippen LogP contribution < -0.4 is 10.1 Å². The number of hydrogen-bond donors (Lipinski definition) is 2. The molecule has 39 heavy (non-hydrogen) atoms. The van der Waals surface area contributed by atoms with Crippen molar-refractivity contribution in [2.24, 2.45) is 0 Å². The highest BCUT2D eigenvalue weighted by molar-refractivity contribution is 6.09.